The van der Waals surface area contributed by atoms with Crippen LogP contribution < -0.4 is 0 Å². The standard InChI is InChI=1S/C25H22N2O4S/c1-18-22(16-24(28)29)25(19-10-4-2-5-11-19)26-27(18)17-20-12-8-9-15-23(20)32(30,31)21-13-6-3-7-14-21/h2-15H,16-17H2,1H3,(H,28,29). The molecule has 0 aliphatic rings. The molecule has 0 aliphatic heterocycles. The summed E-state index contributed by atoms with van der Waals surface area (Å²) < 4.78 is 28.2. The fourth-order valence-electron chi connectivity index (χ4n) is 3.71. The van der Waals surface area contributed by atoms with Gasteiger partial charge in [-0.2, -0.15) is 5.10 Å². The molecule has 0 unspecified atom stereocenters. The van der Waals surface area contributed by atoms with Gasteiger partial charge in [0.2, 0.25) is 9.84 Å². The van der Waals surface area contributed by atoms with Crippen LogP contribution in [0.1, 0.15) is 16.8 Å². The molecule has 4 rings (SSSR count). The number of benzene rings is 3. The number of carboxylic acids is 1. The number of hydrogen-bond acceptors (Lipinski definition) is 4. The van der Waals surface area contributed by atoms with Crippen molar-refractivity contribution >= 4 is 15.8 Å². The lowest BCUT2D eigenvalue weighted by Gasteiger charge is -2.12. The van der Waals surface area contributed by atoms with Crippen LogP contribution in [-0.2, 0) is 27.6 Å². The van der Waals surface area contributed by atoms with Crippen molar-refractivity contribution in [2.24, 2.45) is 0 Å². The number of sulfone groups is 1. The van der Waals surface area contributed by atoms with Crippen LogP contribution in [0.3, 0.4) is 0 Å². The number of nitrogens with zero attached hydrogens (tertiary/aromatic N) is 2. The average Bonchev–Trinajstić information content (AvgIpc) is 3.10. The Hall–Kier alpha value is -3.71. The minimum atomic E-state index is -3.71. The topological polar surface area (TPSA) is 89.3 Å². The molecule has 4 aromatic rings. The summed E-state index contributed by atoms with van der Waals surface area (Å²) in [7, 11) is -3.71. The van der Waals surface area contributed by atoms with Gasteiger partial charge in [-0.3, -0.25) is 9.48 Å². The smallest absolute Gasteiger partial charge is 0.307 e. The third-order valence-electron chi connectivity index (χ3n) is 5.34. The van der Waals surface area contributed by atoms with Crippen LogP contribution in [0.15, 0.2) is 94.7 Å². The molecule has 0 bridgehead atoms. The minimum absolute atomic E-state index is 0.167. The number of carbonyl (C=O) groups is 1. The van der Waals surface area contributed by atoms with Gasteiger partial charge < -0.3 is 5.11 Å². The molecule has 6 nitrogen and oxygen atoms in total. The normalized spacial score (nSPS) is 11.4. The first-order valence-corrected chi connectivity index (χ1v) is 11.6. The minimum Gasteiger partial charge on any atom is -0.481 e. The highest BCUT2D eigenvalue weighted by atomic mass is 32.2. The Kier molecular flexibility index (Phi) is 5.92. The lowest BCUT2D eigenvalue weighted by atomic mass is 10.0. The number of hydrogen-bond donors (Lipinski definition) is 1. The van der Waals surface area contributed by atoms with Crippen LogP contribution in [0.25, 0.3) is 11.3 Å². The van der Waals surface area contributed by atoms with Crippen LogP contribution in [-0.4, -0.2) is 29.3 Å². The maximum atomic E-state index is 13.3. The first-order chi connectivity index (χ1) is 15.4. The Morgan fingerprint density at radius 3 is 2.16 bits per heavy atom. The van der Waals surface area contributed by atoms with Crippen LogP contribution in [0.2, 0.25) is 0 Å². The Morgan fingerprint density at radius 2 is 1.50 bits per heavy atom. The average molecular weight is 447 g/mol. The van der Waals surface area contributed by atoms with Gasteiger partial charge in [-0.15, -0.1) is 0 Å². The highest BCUT2D eigenvalue weighted by Crippen LogP contribution is 2.28. The number of aromatic nitrogens is 2. The van der Waals surface area contributed by atoms with Crippen molar-refractivity contribution in [2.45, 2.75) is 29.7 Å². The Balaban J connectivity index is 1.80. The van der Waals surface area contributed by atoms with E-state index in [1.807, 2.05) is 37.3 Å². The molecule has 0 spiro atoms. The second-order valence-electron chi connectivity index (χ2n) is 7.43. The van der Waals surface area contributed by atoms with E-state index in [4.69, 9.17) is 0 Å². The van der Waals surface area contributed by atoms with Crippen molar-refractivity contribution in [3.63, 3.8) is 0 Å². The van der Waals surface area contributed by atoms with Crippen molar-refractivity contribution in [1.29, 1.82) is 0 Å². The Labute approximate surface area is 186 Å². The maximum absolute atomic E-state index is 13.3. The van der Waals surface area contributed by atoms with Gasteiger partial charge in [0.15, 0.2) is 0 Å². The third-order valence-corrected chi connectivity index (χ3v) is 7.21. The zero-order valence-corrected chi connectivity index (χ0v) is 18.3. The molecule has 32 heavy (non-hydrogen) atoms. The van der Waals surface area contributed by atoms with Crippen molar-refractivity contribution in [2.75, 3.05) is 0 Å². The molecule has 0 saturated heterocycles. The van der Waals surface area contributed by atoms with E-state index in [1.165, 1.54) is 0 Å². The molecule has 0 amide bonds. The molecule has 0 saturated carbocycles. The number of aliphatic carboxylic acids is 1. The van der Waals surface area contributed by atoms with Crippen molar-refractivity contribution < 1.29 is 18.3 Å². The zero-order valence-electron chi connectivity index (χ0n) is 17.5. The summed E-state index contributed by atoms with van der Waals surface area (Å²) in [6.07, 6.45) is -0.167. The molecule has 0 fully saturated rings. The van der Waals surface area contributed by atoms with Gasteiger partial charge in [-0.1, -0.05) is 66.7 Å². The fraction of sp³-hybridized carbons (Fsp3) is 0.120. The van der Waals surface area contributed by atoms with Crippen LogP contribution in [0.4, 0.5) is 0 Å². The second-order valence-corrected chi connectivity index (χ2v) is 9.35. The maximum Gasteiger partial charge on any atom is 0.307 e. The Morgan fingerprint density at radius 1 is 0.906 bits per heavy atom. The number of rotatable bonds is 7. The van der Waals surface area contributed by atoms with Gasteiger partial charge in [-0.25, -0.2) is 8.42 Å². The lowest BCUT2D eigenvalue weighted by Crippen LogP contribution is -2.11. The SMILES string of the molecule is Cc1c(CC(=O)O)c(-c2ccccc2)nn1Cc1ccccc1S(=O)(=O)c1ccccc1. The zero-order chi connectivity index (χ0) is 22.7. The van der Waals surface area contributed by atoms with Gasteiger partial charge in [0.1, 0.15) is 0 Å². The predicted octanol–water partition coefficient (Wildman–Crippen LogP) is 4.37. The van der Waals surface area contributed by atoms with E-state index in [0.717, 1.165) is 5.56 Å². The lowest BCUT2D eigenvalue weighted by molar-refractivity contribution is -0.136. The van der Waals surface area contributed by atoms with Crippen molar-refractivity contribution in [3.8, 4) is 11.3 Å². The molecule has 162 valence electrons. The van der Waals surface area contributed by atoms with Gasteiger partial charge in [0.25, 0.3) is 0 Å². The summed E-state index contributed by atoms with van der Waals surface area (Å²) in [6, 6.07) is 24.5. The van der Waals surface area contributed by atoms with Crippen molar-refractivity contribution in [3.05, 3.63) is 102 Å². The highest BCUT2D eigenvalue weighted by Gasteiger charge is 2.23. The van der Waals surface area contributed by atoms with E-state index in [1.54, 1.807) is 59.3 Å². The first-order valence-electron chi connectivity index (χ1n) is 10.1. The van der Waals surface area contributed by atoms with E-state index < -0.39 is 15.8 Å². The quantitative estimate of drug-likeness (QED) is 0.455. The monoisotopic (exact) mass is 446 g/mol. The molecular weight excluding hydrogens is 424 g/mol. The molecule has 0 atom stereocenters. The molecular formula is C25H22N2O4S. The van der Waals surface area contributed by atoms with Crippen LogP contribution >= 0.6 is 0 Å². The molecule has 1 heterocycles. The molecule has 0 aliphatic carbocycles. The molecule has 3 aromatic carbocycles. The molecule has 1 aromatic heterocycles. The molecule has 0 radical (unpaired) electrons. The second kappa shape index (κ2) is 8.80. The Bertz CT molecular complexity index is 1360. The van der Waals surface area contributed by atoms with E-state index in [2.05, 4.69) is 5.10 Å². The fourth-order valence-corrected chi connectivity index (χ4v) is 5.22. The van der Waals surface area contributed by atoms with E-state index in [9.17, 15) is 18.3 Å². The van der Waals surface area contributed by atoms with E-state index in [-0.39, 0.29) is 22.8 Å². The number of carboxylic acid groups (broad SMARTS) is 1. The summed E-state index contributed by atoms with van der Waals surface area (Å²) in [5.74, 6) is -0.947. The van der Waals surface area contributed by atoms with E-state index in [0.29, 0.717) is 22.5 Å². The third kappa shape index (κ3) is 4.20. The largest absolute Gasteiger partial charge is 0.481 e. The van der Waals surface area contributed by atoms with Gasteiger partial charge in [-0.05, 0) is 30.7 Å². The van der Waals surface area contributed by atoms with Crippen LogP contribution in [0.5, 0.6) is 0 Å². The van der Waals surface area contributed by atoms with Crippen LogP contribution in [0, 0.1) is 6.92 Å². The molecule has 1 N–H and O–H groups in total. The summed E-state index contributed by atoms with van der Waals surface area (Å²) in [4.78, 5) is 11.9. The van der Waals surface area contributed by atoms with Gasteiger partial charge in [0.05, 0.1) is 28.5 Å². The first kappa shape index (κ1) is 21.5. The summed E-state index contributed by atoms with van der Waals surface area (Å²) >= 11 is 0. The van der Waals surface area contributed by atoms with Crippen molar-refractivity contribution in [1.82, 2.24) is 9.78 Å². The van der Waals surface area contributed by atoms with E-state index >= 15 is 0 Å². The summed E-state index contributed by atoms with van der Waals surface area (Å²) in [5, 5.41) is 14.1. The summed E-state index contributed by atoms with van der Waals surface area (Å²) in [6.45, 7) is 2.01. The van der Waals surface area contributed by atoms with Gasteiger partial charge in [0, 0.05) is 16.8 Å². The summed E-state index contributed by atoms with van der Waals surface area (Å²) in [5.41, 5.74) is 3.30. The van der Waals surface area contributed by atoms with Gasteiger partial charge >= 0.3 is 5.97 Å². The predicted molar refractivity (Wildman–Crippen MR) is 121 cm³/mol. The highest BCUT2D eigenvalue weighted by molar-refractivity contribution is 7.91. The molecule has 7 heteroatoms.